The van der Waals surface area contributed by atoms with Crippen LogP contribution in [0, 0.1) is 0 Å². The minimum Gasteiger partial charge on any atom is -0.486 e. The first-order valence-corrected chi connectivity index (χ1v) is 9.76. The fraction of sp³-hybridized carbons (Fsp3) is 0.250. The third-order valence-corrected chi connectivity index (χ3v) is 5.01. The Morgan fingerprint density at radius 2 is 1.93 bits per heavy atom. The monoisotopic (exact) mass is 433 g/mol. The molecule has 29 heavy (non-hydrogen) atoms. The Labute approximate surface area is 176 Å². The van der Waals surface area contributed by atoms with E-state index < -0.39 is 0 Å². The molecule has 2 heterocycles. The number of rotatable bonds is 5. The summed E-state index contributed by atoms with van der Waals surface area (Å²) < 4.78 is 12.3. The average Bonchev–Trinajstić information content (AvgIpc) is 2.70. The zero-order chi connectivity index (χ0) is 20.4. The van der Waals surface area contributed by atoms with Gasteiger partial charge in [0.1, 0.15) is 19.8 Å². The highest BCUT2D eigenvalue weighted by molar-refractivity contribution is 6.38. The highest BCUT2D eigenvalue weighted by Gasteiger charge is 2.13. The maximum absolute atomic E-state index is 12.6. The van der Waals surface area contributed by atoms with E-state index in [1.165, 1.54) is 23.0 Å². The standard InChI is InChI=1S/C20H17Cl2N3O4/c21-13-8-14-19(15(22)9-13)24-11-25(20(14)27)10-18(26)23-4-3-12-1-2-16-17(7-12)29-6-5-28-16/h1-2,7-9,11H,3-6,10H2,(H,23,26). The highest BCUT2D eigenvalue weighted by atomic mass is 35.5. The Hall–Kier alpha value is -2.77. The Kier molecular flexibility index (Phi) is 5.60. The molecule has 0 saturated carbocycles. The number of nitrogens with one attached hydrogen (secondary N) is 1. The Morgan fingerprint density at radius 1 is 1.14 bits per heavy atom. The topological polar surface area (TPSA) is 82.5 Å². The molecule has 0 radical (unpaired) electrons. The van der Waals surface area contributed by atoms with E-state index in [1.54, 1.807) is 0 Å². The van der Waals surface area contributed by atoms with Crippen molar-refractivity contribution >= 4 is 40.0 Å². The van der Waals surface area contributed by atoms with E-state index in [0.29, 0.717) is 47.5 Å². The lowest BCUT2D eigenvalue weighted by atomic mass is 10.1. The van der Waals surface area contributed by atoms with E-state index in [1.807, 2.05) is 18.2 Å². The first-order valence-electron chi connectivity index (χ1n) is 9.01. The molecule has 9 heteroatoms. The Bertz CT molecular complexity index is 1150. The molecule has 1 N–H and O–H groups in total. The number of nitrogens with zero attached hydrogens (tertiary/aromatic N) is 2. The molecule has 1 aliphatic rings. The van der Waals surface area contributed by atoms with Crippen molar-refractivity contribution in [1.29, 1.82) is 0 Å². The number of carbonyl (C=O) groups excluding carboxylic acids is 1. The summed E-state index contributed by atoms with van der Waals surface area (Å²) in [5.74, 6) is 1.15. The van der Waals surface area contributed by atoms with Crippen molar-refractivity contribution in [3.8, 4) is 11.5 Å². The largest absolute Gasteiger partial charge is 0.486 e. The first kappa shape index (κ1) is 19.5. The maximum Gasteiger partial charge on any atom is 0.261 e. The van der Waals surface area contributed by atoms with Gasteiger partial charge in [-0.3, -0.25) is 14.2 Å². The predicted octanol–water partition coefficient (Wildman–Crippen LogP) is 2.83. The van der Waals surface area contributed by atoms with Gasteiger partial charge in [-0.1, -0.05) is 29.3 Å². The van der Waals surface area contributed by atoms with E-state index in [0.717, 1.165) is 11.3 Å². The fourth-order valence-corrected chi connectivity index (χ4v) is 3.65. The molecule has 0 saturated heterocycles. The first-order chi connectivity index (χ1) is 14.0. The third-order valence-electron chi connectivity index (χ3n) is 4.50. The van der Waals surface area contributed by atoms with Crippen molar-refractivity contribution in [2.75, 3.05) is 19.8 Å². The molecule has 1 aromatic heterocycles. The van der Waals surface area contributed by atoms with Gasteiger partial charge in [-0.15, -0.1) is 0 Å². The van der Waals surface area contributed by atoms with Gasteiger partial charge in [-0.25, -0.2) is 4.98 Å². The normalized spacial score (nSPS) is 12.8. The van der Waals surface area contributed by atoms with Gasteiger partial charge in [0, 0.05) is 11.6 Å². The number of benzene rings is 2. The van der Waals surface area contributed by atoms with Crippen LogP contribution in [0.15, 0.2) is 41.5 Å². The Morgan fingerprint density at radius 3 is 2.76 bits per heavy atom. The molecule has 2 aromatic carbocycles. The quantitative estimate of drug-likeness (QED) is 0.668. The van der Waals surface area contributed by atoms with Gasteiger partial charge in [0.15, 0.2) is 11.5 Å². The van der Waals surface area contributed by atoms with Crippen LogP contribution in [0.3, 0.4) is 0 Å². The summed E-state index contributed by atoms with van der Waals surface area (Å²) in [6, 6.07) is 8.72. The molecule has 7 nitrogen and oxygen atoms in total. The number of ether oxygens (including phenoxy) is 2. The Balaban J connectivity index is 1.39. The minimum absolute atomic E-state index is 0.146. The summed E-state index contributed by atoms with van der Waals surface area (Å²) in [5.41, 5.74) is 1.00. The van der Waals surface area contributed by atoms with Gasteiger partial charge in [0.25, 0.3) is 5.56 Å². The van der Waals surface area contributed by atoms with Gasteiger partial charge in [-0.2, -0.15) is 0 Å². The number of aromatic nitrogens is 2. The van der Waals surface area contributed by atoms with E-state index in [2.05, 4.69) is 10.3 Å². The second kappa shape index (κ2) is 8.31. The molecule has 1 aliphatic heterocycles. The van der Waals surface area contributed by atoms with Crippen LogP contribution in [-0.2, 0) is 17.8 Å². The summed E-state index contributed by atoms with van der Waals surface area (Å²) in [4.78, 5) is 29.0. The van der Waals surface area contributed by atoms with Gasteiger partial charge in [0.05, 0.1) is 22.3 Å². The van der Waals surface area contributed by atoms with Gasteiger partial charge in [0.2, 0.25) is 5.91 Å². The van der Waals surface area contributed by atoms with Crippen molar-refractivity contribution in [3.63, 3.8) is 0 Å². The maximum atomic E-state index is 12.6. The fourth-order valence-electron chi connectivity index (χ4n) is 3.11. The molecule has 0 bridgehead atoms. The van der Waals surface area contributed by atoms with E-state index >= 15 is 0 Å². The summed E-state index contributed by atoms with van der Waals surface area (Å²) in [6.45, 7) is 1.35. The smallest absolute Gasteiger partial charge is 0.261 e. The van der Waals surface area contributed by atoms with Crippen molar-refractivity contribution in [2.24, 2.45) is 0 Å². The number of amides is 1. The highest BCUT2D eigenvalue weighted by Crippen LogP contribution is 2.30. The summed E-state index contributed by atoms with van der Waals surface area (Å²) >= 11 is 12.0. The van der Waals surface area contributed by atoms with Gasteiger partial charge >= 0.3 is 0 Å². The van der Waals surface area contributed by atoms with E-state index in [-0.39, 0.29) is 23.4 Å². The molecule has 0 unspecified atom stereocenters. The van der Waals surface area contributed by atoms with Gasteiger partial charge in [-0.05, 0) is 36.2 Å². The molecule has 1 amide bonds. The van der Waals surface area contributed by atoms with E-state index in [9.17, 15) is 9.59 Å². The minimum atomic E-state index is -0.374. The SMILES string of the molecule is O=C(Cn1cnc2c(Cl)cc(Cl)cc2c1=O)NCCc1ccc2c(c1)OCCO2. The molecule has 0 fully saturated rings. The van der Waals surface area contributed by atoms with E-state index in [4.69, 9.17) is 32.7 Å². The molecule has 0 spiro atoms. The van der Waals surface area contributed by atoms with Crippen molar-refractivity contribution in [2.45, 2.75) is 13.0 Å². The van der Waals surface area contributed by atoms with Crippen LogP contribution in [0.2, 0.25) is 10.0 Å². The second-order valence-electron chi connectivity index (χ2n) is 6.54. The average molecular weight is 434 g/mol. The van der Waals surface area contributed by atoms with Crippen LogP contribution >= 0.6 is 23.2 Å². The lowest BCUT2D eigenvalue weighted by Gasteiger charge is -2.18. The lowest BCUT2D eigenvalue weighted by molar-refractivity contribution is -0.121. The molecule has 0 atom stereocenters. The van der Waals surface area contributed by atoms with Crippen LogP contribution in [0.5, 0.6) is 11.5 Å². The van der Waals surface area contributed by atoms with Crippen molar-refractivity contribution in [1.82, 2.24) is 14.9 Å². The zero-order valence-corrected chi connectivity index (χ0v) is 16.8. The molecular formula is C20H17Cl2N3O4. The second-order valence-corrected chi connectivity index (χ2v) is 7.38. The lowest BCUT2D eigenvalue weighted by Crippen LogP contribution is -2.33. The van der Waals surface area contributed by atoms with Gasteiger partial charge < -0.3 is 14.8 Å². The van der Waals surface area contributed by atoms with Crippen molar-refractivity contribution < 1.29 is 14.3 Å². The van der Waals surface area contributed by atoms with Crippen LogP contribution in [0.1, 0.15) is 5.56 Å². The van der Waals surface area contributed by atoms with Crippen LogP contribution in [-0.4, -0.2) is 35.2 Å². The zero-order valence-electron chi connectivity index (χ0n) is 15.3. The molecular weight excluding hydrogens is 417 g/mol. The molecule has 0 aliphatic carbocycles. The number of hydrogen-bond donors (Lipinski definition) is 1. The molecule has 4 rings (SSSR count). The number of halogens is 2. The predicted molar refractivity (Wildman–Crippen MR) is 110 cm³/mol. The van der Waals surface area contributed by atoms with Crippen LogP contribution < -0.4 is 20.3 Å². The third kappa shape index (κ3) is 4.31. The summed E-state index contributed by atoms with van der Waals surface area (Å²) in [6.07, 6.45) is 1.93. The van der Waals surface area contributed by atoms with Crippen LogP contribution in [0.25, 0.3) is 10.9 Å². The summed E-state index contributed by atoms with van der Waals surface area (Å²) in [5, 5.41) is 3.71. The number of fused-ring (bicyclic) bond motifs is 2. The number of hydrogen-bond acceptors (Lipinski definition) is 5. The van der Waals surface area contributed by atoms with Crippen LogP contribution in [0.4, 0.5) is 0 Å². The molecule has 150 valence electrons. The molecule has 3 aromatic rings. The van der Waals surface area contributed by atoms with Crippen molar-refractivity contribution in [3.05, 3.63) is 62.6 Å². The number of carbonyl (C=O) groups is 1. The summed E-state index contributed by atoms with van der Waals surface area (Å²) in [7, 11) is 0.